The molecule has 0 saturated heterocycles. The van der Waals surface area contributed by atoms with Crippen molar-refractivity contribution in [2.75, 3.05) is 18.9 Å². The molecule has 0 bridgehead atoms. The van der Waals surface area contributed by atoms with Crippen molar-refractivity contribution < 1.29 is 22.7 Å². The Bertz CT molecular complexity index is 476. The number of alkyl halides is 3. The van der Waals surface area contributed by atoms with E-state index in [2.05, 4.69) is 0 Å². The van der Waals surface area contributed by atoms with E-state index in [0.29, 0.717) is 11.4 Å². The SMILES string of the molecule is CC(C)N(CC(F)(F)F)C(=O)CCOc1ccccc1N. The zero-order valence-corrected chi connectivity index (χ0v) is 12.0. The van der Waals surface area contributed by atoms with Crippen molar-refractivity contribution in [1.29, 1.82) is 0 Å². The molecule has 0 heterocycles. The van der Waals surface area contributed by atoms with Crippen molar-refractivity contribution in [2.24, 2.45) is 0 Å². The molecule has 7 heteroatoms. The Balaban J connectivity index is 2.53. The Morgan fingerprint density at radius 3 is 2.48 bits per heavy atom. The van der Waals surface area contributed by atoms with Crippen molar-refractivity contribution >= 4 is 11.6 Å². The van der Waals surface area contributed by atoms with Gasteiger partial charge in [-0.25, -0.2) is 0 Å². The number of amides is 1. The summed E-state index contributed by atoms with van der Waals surface area (Å²) < 4.78 is 42.6. The van der Waals surface area contributed by atoms with Gasteiger partial charge in [-0.3, -0.25) is 4.79 Å². The monoisotopic (exact) mass is 304 g/mol. The van der Waals surface area contributed by atoms with E-state index >= 15 is 0 Å². The van der Waals surface area contributed by atoms with Crippen LogP contribution in [0.25, 0.3) is 0 Å². The van der Waals surface area contributed by atoms with Crippen molar-refractivity contribution in [3.8, 4) is 5.75 Å². The second-order valence-corrected chi connectivity index (χ2v) is 4.87. The Labute approximate surface area is 121 Å². The van der Waals surface area contributed by atoms with Gasteiger partial charge in [-0.15, -0.1) is 0 Å². The zero-order valence-electron chi connectivity index (χ0n) is 12.0. The van der Waals surface area contributed by atoms with E-state index in [9.17, 15) is 18.0 Å². The van der Waals surface area contributed by atoms with Crippen LogP contribution in [0.3, 0.4) is 0 Å². The number of carbonyl (C=O) groups is 1. The number of hydrogen-bond donors (Lipinski definition) is 1. The fourth-order valence-electron chi connectivity index (χ4n) is 1.76. The lowest BCUT2D eigenvalue weighted by atomic mass is 10.2. The fraction of sp³-hybridized carbons (Fsp3) is 0.500. The Morgan fingerprint density at radius 2 is 1.95 bits per heavy atom. The quantitative estimate of drug-likeness (QED) is 0.822. The van der Waals surface area contributed by atoms with Gasteiger partial charge in [0, 0.05) is 6.04 Å². The van der Waals surface area contributed by atoms with E-state index in [1.54, 1.807) is 38.1 Å². The summed E-state index contributed by atoms with van der Waals surface area (Å²) in [6.45, 7) is 1.81. The third kappa shape index (κ3) is 5.93. The van der Waals surface area contributed by atoms with Crippen LogP contribution < -0.4 is 10.5 Å². The van der Waals surface area contributed by atoms with Gasteiger partial charge >= 0.3 is 6.18 Å². The van der Waals surface area contributed by atoms with Gasteiger partial charge in [0.15, 0.2) is 0 Å². The van der Waals surface area contributed by atoms with Gasteiger partial charge in [0.05, 0.1) is 18.7 Å². The van der Waals surface area contributed by atoms with Gasteiger partial charge in [-0.2, -0.15) is 13.2 Å². The lowest BCUT2D eigenvalue weighted by Crippen LogP contribution is -2.43. The summed E-state index contributed by atoms with van der Waals surface area (Å²) in [7, 11) is 0. The maximum atomic E-state index is 12.4. The molecule has 0 fully saturated rings. The summed E-state index contributed by atoms with van der Waals surface area (Å²) in [5.41, 5.74) is 6.08. The molecule has 0 atom stereocenters. The minimum atomic E-state index is -4.41. The van der Waals surface area contributed by atoms with Gasteiger partial charge in [0.1, 0.15) is 12.3 Å². The van der Waals surface area contributed by atoms with Crippen LogP contribution in [0.5, 0.6) is 5.75 Å². The summed E-state index contributed by atoms with van der Waals surface area (Å²) in [5, 5.41) is 0. The van der Waals surface area contributed by atoms with Gasteiger partial charge in [-0.1, -0.05) is 12.1 Å². The normalized spacial score (nSPS) is 11.5. The minimum absolute atomic E-state index is 0.0197. The molecule has 0 unspecified atom stereocenters. The van der Waals surface area contributed by atoms with Crippen LogP contribution in [0.4, 0.5) is 18.9 Å². The molecular weight excluding hydrogens is 285 g/mol. The van der Waals surface area contributed by atoms with E-state index in [1.165, 1.54) is 0 Å². The first-order chi connectivity index (χ1) is 9.70. The Hall–Kier alpha value is -1.92. The summed E-state index contributed by atoms with van der Waals surface area (Å²) in [6.07, 6.45) is -4.55. The highest BCUT2D eigenvalue weighted by atomic mass is 19.4. The fourth-order valence-corrected chi connectivity index (χ4v) is 1.76. The molecule has 0 radical (unpaired) electrons. The van der Waals surface area contributed by atoms with E-state index in [0.717, 1.165) is 4.90 Å². The molecular formula is C14H19F3N2O2. The Kier molecular flexibility index (Phi) is 5.87. The highest BCUT2D eigenvalue weighted by Crippen LogP contribution is 2.21. The first-order valence-corrected chi connectivity index (χ1v) is 6.54. The topological polar surface area (TPSA) is 55.6 Å². The van der Waals surface area contributed by atoms with E-state index in [1.807, 2.05) is 0 Å². The van der Waals surface area contributed by atoms with Crippen LogP contribution in [-0.4, -0.2) is 36.2 Å². The number of nitrogen functional groups attached to an aromatic ring is 1. The number of carbonyl (C=O) groups excluding carboxylic acids is 1. The van der Waals surface area contributed by atoms with Crippen LogP contribution in [0.2, 0.25) is 0 Å². The standard InChI is InChI=1S/C14H19F3N2O2/c1-10(2)19(9-14(15,16)17)13(20)7-8-21-12-6-4-3-5-11(12)18/h3-6,10H,7-9,18H2,1-2H3. The van der Waals surface area contributed by atoms with Crippen molar-refractivity contribution in [3.63, 3.8) is 0 Å². The molecule has 1 amide bonds. The lowest BCUT2D eigenvalue weighted by molar-refractivity contribution is -0.164. The van der Waals surface area contributed by atoms with Gasteiger partial charge in [0.25, 0.3) is 0 Å². The molecule has 1 rings (SSSR count). The molecule has 0 aliphatic heterocycles. The first-order valence-electron chi connectivity index (χ1n) is 6.54. The average Bonchev–Trinajstić information content (AvgIpc) is 2.37. The highest BCUT2D eigenvalue weighted by molar-refractivity contribution is 5.76. The number of halogens is 3. The number of ether oxygens (including phenoxy) is 1. The van der Waals surface area contributed by atoms with Crippen molar-refractivity contribution in [3.05, 3.63) is 24.3 Å². The number of hydrogen-bond acceptors (Lipinski definition) is 3. The van der Waals surface area contributed by atoms with Crippen LogP contribution in [0.1, 0.15) is 20.3 Å². The molecule has 0 aliphatic carbocycles. The van der Waals surface area contributed by atoms with Gasteiger partial charge < -0.3 is 15.4 Å². The highest BCUT2D eigenvalue weighted by Gasteiger charge is 2.33. The average molecular weight is 304 g/mol. The van der Waals surface area contributed by atoms with Crippen LogP contribution >= 0.6 is 0 Å². The number of rotatable bonds is 6. The van der Waals surface area contributed by atoms with Gasteiger partial charge in [-0.05, 0) is 26.0 Å². The maximum absolute atomic E-state index is 12.4. The smallest absolute Gasteiger partial charge is 0.406 e. The minimum Gasteiger partial charge on any atom is -0.491 e. The molecule has 118 valence electrons. The van der Waals surface area contributed by atoms with Crippen LogP contribution in [-0.2, 0) is 4.79 Å². The van der Waals surface area contributed by atoms with E-state index in [-0.39, 0.29) is 13.0 Å². The Morgan fingerprint density at radius 1 is 1.33 bits per heavy atom. The molecule has 1 aromatic carbocycles. The third-order valence-corrected chi connectivity index (χ3v) is 2.79. The van der Waals surface area contributed by atoms with Crippen molar-refractivity contribution in [1.82, 2.24) is 4.90 Å². The van der Waals surface area contributed by atoms with Crippen LogP contribution in [0.15, 0.2) is 24.3 Å². The van der Waals surface area contributed by atoms with Gasteiger partial charge in [0.2, 0.25) is 5.91 Å². The summed E-state index contributed by atoms with van der Waals surface area (Å²) in [6, 6.07) is 6.20. The predicted octanol–water partition coefficient (Wildman–Crippen LogP) is 2.84. The van der Waals surface area contributed by atoms with E-state index < -0.39 is 24.7 Å². The molecule has 2 N–H and O–H groups in total. The molecule has 0 spiro atoms. The summed E-state index contributed by atoms with van der Waals surface area (Å²) in [4.78, 5) is 12.6. The third-order valence-electron chi connectivity index (χ3n) is 2.79. The molecule has 0 saturated carbocycles. The molecule has 0 aromatic heterocycles. The number of nitrogens with zero attached hydrogens (tertiary/aromatic N) is 1. The second-order valence-electron chi connectivity index (χ2n) is 4.87. The number of para-hydroxylation sites is 2. The maximum Gasteiger partial charge on any atom is 0.406 e. The summed E-state index contributed by atoms with van der Waals surface area (Å²) in [5.74, 6) is -0.186. The number of anilines is 1. The van der Waals surface area contributed by atoms with Crippen molar-refractivity contribution in [2.45, 2.75) is 32.5 Å². The molecule has 1 aromatic rings. The number of benzene rings is 1. The lowest BCUT2D eigenvalue weighted by Gasteiger charge is -2.27. The second kappa shape index (κ2) is 7.19. The number of nitrogens with two attached hydrogens (primary N) is 1. The molecule has 0 aliphatic rings. The first kappa shape index (κ1) is 17.1. The summed E-state index contributed by atoms with van der Waals surface area (Å²) >= 11 is 0. The van der Waals surface area contributed by atoms with E-state index in [4.69, 9.17) is 10.5 Å². The van der Waals surface area contributed by atoms with Crippen LogP contribution in [0, 0.1) is 0 Å². The zero-order chi connectivity index (χ0) is 16.0. The predicted molar refractivity (Wildman–Crippen MR) is 73.9 cm³/mol. The largest absolute Gasteiger partial charge is 0.491 e. The molecule has 21 heavy (non-hydrogen) atoms. The molecule has 4 nitrogen and oxygen atoms in total.